The number of thiophene rings is 1. The molecule has 1 aromatic heterocycles. The summed E-state index contributed by atoms with van der Waals surface area (Å²) in [5.41, 5.74) is 1.09. The lowest BCUT2D eigenvalue weighted by molar-refractivity contribution is -0.133. The summed E-state index contributed by atoms with van der Waals surface area (Å²) >= 11 is 1.65. The largest absolute Gasteiger partial charge is 0.379 e. The van der Waals surface area contributed by atoms with Crippen LogP contribution in [0.1, 0.15) is 42.5 Å². The summed E-state index contributed by atoms with van der Waals surface area (Å²) < 4.78 is 5.46. The van der Waals surface area contributed by atoms with E-state index in [1.165, 1.54) is 6.42 Å². The maximum absolute atomic E-state index is 13.6. The molecule has 1 aromatic carbocycles. The number of hydrogen-bond donors (Lipinski definition) is 1. The average molecular weight is 499 g/mol. The monoisotopic (exact) mass is 498 g/mol. The lowest BCUT2D eigenvalue weighted by atomic mass is 9.96. The van der Waals surface area contributed by atoms with E-state index < -0.39 is 0 Å². The van der Waals surface area contributed by atoms with Gasteiger partial charge in [-0.15, -0.1) is 11.3 Å². The van der Waals surface area contributed by atoms with E-state index >= 15 is 0 Å². The zero-order chi connectivity index (χ0) is 24.3. The molecule has 1 saturated heterocycles. The Balaban J connectivity index is 1.43. The predicted octanol–water partition coefficient (Wildman–Crippen LogP) is 3.95. The number of ether oxygens (including phenoxy) is 1. The van der Waals surface area contributed by atoms with Crippen LogP contribution in [0.2, 0.25) is 0 Å². The van der Waals surface area contributed by atoms with Crippen LogP contribution < -0.4 is 5.32 Å². The van der Waals surface area contributed by atoms with Gasteiger partial charge < -0.3 is 19.9 Å². The lowest BCUT2D eigenvalue weighted by Gasteiger charge is -2.33. The van der Waals surface area contributed by atoms with Gasteiger partial charge in [0.1, 0.15) is 6.54 Å². The van der Waals surface area contributed by atoms with Gasteiger partial charge in [0.15, 0.2) is 0 Å². The van der Waals surface area contributed by atoms with Gasteiger partial charge in [-0.1, -0.05) is 55.7 Å². The van der Waals surface area contributed by atoms with Crippen molar-refractivity contribution in [2.75, 3.05) is 45.9 Å². The molecular weight excluding hydrogens is 460 g/mol. The molecule has 0 atom stereocenters. The zero-order valence-electron chi connectivity index (χ0n) is 20.6. The minimum Gasteiger partial charge on any atom is -0.379 e. The van der Waals surface area contributed by atoms with Gasteiger partial charge in [0.25, 0.3) is 0 Å². The first-order valence-electron chi connectivity index (χ1n) is 12.9. The number of morpholine rings is 1. The molecule has 0 spiro atoms. The highest BCUT2D eigenvalue weighted by molar-refractivity contribution is 7.09. The first kappa shape index (κ1) is 25.7. The van der Waals surface area contributed by atoms with Gasteiger partial charge in [0.2, 0.25) is 5.91 Å². The van der Waals surface area contributed by atoms with Crippen LogP contribution in [0.4, 0.5) is 4.79 Å². The number of hydrogen-bond acceptors (Lipinski definition) is 5. The Morgan fingerprint density at radius 3 is 2.46 bits per heavy atom. The summed E-state index contributed by atoms with van der Waals surface area (Å²) in [5, 5.41) is 5.26. The molecule has 2 aromatic rings. The molecule has 2 heterocycles. The molecule has 1 saturated carbocycles. The third kappa shape index (κ3) is 8.33. The second kappa shape index (κ2) is 13.6. The molecule has 0 bridgehead atoms. The summed E-state index contributed by atoms with van der Waals surface area (Å²) in [7, 11) is 0. The normalized spacial score (nSPS) is 17.1. The van der Waals surface area contributed by atoms with E-state index in [-0.39, 0.29) is 24.5 Å². The van der Waals surface area contributed by atoms with Gasteiger partial charge in [-0.05, 0) is 29.9 Å². The Bertz CT molecular complexity index is 896. The molecule has 0 unspecified atom stereocenters. The Hall–Kier alpha value is -2.42. The van der Waals surface area contributed by atoms with Crippen molar-refractivity contribution in [3.05, 3.63) is 58.3 Å². The van der Waals surface area contributed by atoms with E-state index in [0.717, 1.165) is 69.0 Å². The molecule has 7 nitrogen and oxygen atoms in total. The minimum absolute atomic E-state index is 0.0250. The lowest BCUT2D eigenvalue weighted by Crippen LogP contribution is -2.52. The molecule has 35 heavy (non-hydrogen) atoms. The quantitative estimate of drug-likeness (QED) is 0.539. The highest BCUT2D eigenvalue weighted by Crippen LogP contribution is 2.18. The Morgan fingerprint density at radius 2 is 1.74 bits per heavy atom. The van der Waals surface area contributed by atoms with E-state index in [0.29, 0.717) is 19.6 Å². The Morgan fingerprint density at radius 1 is 0.971 bits per heavy atom. The number of urea groups is 1. The second-order valence-electron chi connectivity index (χ2n) is 9.47. The van der Waals surface area contributed by atoms with Crippen LogP contribution in [-0.4, -0.2) is 78.6 Å². The van der Waals surface area contributed by atoms with Gasteiger partial charge in [-0.25, -0.2) is 4.79 Å². The smallest absolute Gasteiger partial charge is 0.318 e. The molecule has 1 aliphatic heterocycles. The van der Waals surface area contributed by atoms with Crippen LogP contribution in [0, 0.1) is 0 Å². The van der Waals surface area contributed by atoms with Crippen molar-refractivity contribution in [3.8, 4) is 0 Å². The highest BCUT2D eigenvalue weighted by Gasteiger charge is 2.25. The SMILES string of the molecule is O=C(CN(CCN1CCOCC1)C(=O)NC1CCCCC1)N(Cc1ccccc1)Cc1cccs1. The fourth-order valence-electron chi connectivity index (χ4n) is 4.74. The van der Waals surface area contributed by atoms with E-state index in [9.17, 15) is 9.59 Å². The molecule has 2 aliphatic rings. The third-order valence-corrected chi connectivity index (χ3v) is 7.69. The Kier molecular flexibility index (Phi) is 9.98. The first-order chi connectivity index (χ1) is 17.2. The van der Waals surface area contributed by atoms with E-state index in [1.54, 1.807) is 16.2 Å². The van der Waals surface area contributed by atoms with E-state index in [4.69, 9.17) is 4.74 Å². The second-order valence-corrected chi connectivity index (χ2v) is 10.5. The summed E-state index contributed by atoms with van der Waals surface area (Å²) in [5.74, 6) is -0.0250. The topological polar surface area (TPSA) is 65.1 Å². The van der Waals surface area contributed by atoms with Crippen LogP contribution in [0.15, 0.2) is 47.8 Å². The van der Waals surface area contributed by atoms with Crippen LogP contribution in [-0.2, 0) is 22.6 Å². The molecule has 8 heteroatoms. The molecule has 190 valence electrons. The molecular formula is C27H38N4O3S. The molecule has 0 radical (unpaired) electrons. The predicted molar refractivity (Wildman–Crippen MR) is 139 cm³/mol. The van der Waals surface area contributed by atoms with E-state index in [2.05, 4.69) is 16.3 Å². The summed E-state index contributed by atoms with van der Waals surface area (Å²) in [6, 6.07) is 14.2. The van der Waals surface area contributed by atoms with Gasteiger partial charge in [-0.3, -0.25) is 9.69 Å². The van der Waals surface area contributed by atoms with Gasteiger partial charge in [0.05, 0.1) is 19.8 Å². The van der Waals surface area contributed by atoms with Gasteiger partial charge in [0, 0.05) is 43.6 Å². The molecule has 1 aliphatic carbocycles. The maximum Gasteiger partial charge on any atom is 0.318 e. The van der Waals surface area contributed by atoms with Crippen molar-refractivity contribution in [1.29, 1.82) is 0 Å². The van der Waals surface area contributed by atoms with Crippen LogP contribution in [0.5, 0.6) is 0 Å². The zero-order valence-corrected chi connectivity index (χ0v) is 21.4. The number of nitrogens with one attached hydrogen (secondary N) is 1. The molecule has 3 amide bonds. The fraction of sp³-hybridized carbons (Fsp3) is 0.556. The van der Waals surface area contributed by atoms with Crippen LogP contribution in [0.25, 0.3) is 0 Å². The minimum atomic E-state index is -0.116. The molecule has 1 N–H and O–H groups in total. The van der Waals surface area contributed by atoms with Crippen molar-refractivity contribution < 1.29 is 14.3 Å². The first-order valence-corrected chi connectivity index (χ1v) is 13.7. The maximum atomic E-state index is 13.6. The highest BCUT2D eigenvalue weighted by atomic mass is 32.1. The number of benzene rings is 1. The number of amides is 3. The van der Waals surface area contributed by atoms with Crippen molar-refractivity contribution in [2.45, 2.75) is 51.2 Å². The molecule has 4 rings (SSSR count). The average Bonchev–Trinajstić information content (AvgIpc) is 3.41. The molecule has 2 fully saturated rings. The van der Waals surface area contributed by atoms with E-state index in [1.807, 2.05) is 46.7 Å². The third-order valence-electron chi connectivity index (χ3n) is 6.83. The van der Waals surface area contributed by atoms with Gasteiger partial charge >= 0.3 is 6.03 Å². The Labute approximate surface area is 213 Å². The summed E-state index contributed by atoms with van der Waals surface area (Å²) in [6.07, 6.45) is 5.60. The van der Waals surface area contributed by atoms with Crippen molar-refractivity contribution >= 4 is 23.3 Å². The van der Waals surface area contributed by atoms with Crippen LogP contribution in [0.3, 0.4) is 0 Å². The standard InChI is InChI=1S/C27H38N4O3S/c32-26(31(21-25-12-7-19-35-25)20-23-8-3-1-4-9-23)22-30(14-13-29-15-17-34-18-16-29)27(33)28-24-10-5-2-6-11-24/h1,3-4,7-9,12,19,24H,2,5-6,10-11,13-18,20-22H2,(H,28,33). The van der Waals surface area contributed by atoms with Crippen molar-refractivity contribution in [2.24, 2.45) is 0 Å². The summed E-state index contributed by atoms with van der Waals surface area (Å²) in [4.78, 5) is 34.0. The number of carbonyl (C=O) groups excluding carboxylic acids is 2. The number of rotatable bonds is 10. The van der Waals surface area contributed by atoms with Crippen LogP contribution >= 0.6 is 11.3 Å². The number of carbonyl (C=O) groups is 2. The van der Waals surface area contributed by atoms with Gasteiger partial charge in [-0.2, -0.15) is 0 Å². The van der Waals surface area contributed by atoms with Crippen molar-refractivity contribution in [3.63, 3.8) is 0 Å². The summed E-state index contributed by atoms with van der Waals surface area (Å²) in [6.45, 7) is 5.61. The fourth-order valence-corrected chi connectivity index (χ4v) is 5.46. The van der Waals surface area contributed by atoms with Crippen molar-refractivity contribution in [1.82, 2.24) is 20.0 Å². The number of nitrogens with zero attached hydrogens (tertiary/aromatic N) is 3.